The Kier molecular flexibility index (Phi) is 5.33. The molecule has 1 aromatic heterocycles. The molecule has 0 aliphatic carbocycles. The summed E-state index contributed by atoms with van der Waals surface area (Å²) in [4.78, 5) is 26.8. The Labute approximate surface area is 165 Å². The fraction of sp³-hybridized carbons (Fsp3) is 0.364. The molecule has 0 N–H and O–H groups in total. The number of rotatable bonds is 4. The zero-order valence-electron chi connectivity index (χ0n) is 16.8. The Hall–Kier alpha value is -2.27. The molecule has 2 amide bonds. The first-order valence-corrected chi connectivity index (χ1v) is 10.1. The number of carbonyl (C=O) groups is 2. The summed E-state index contributed by atoms with van der Waals surface area (Å²) in [5.74, 6) is -0.184. The van der Waals surface area contributed by atoms with Crippen LogP contribution in [0.5, 0.6) is 0 Å². The van der Waals surface area contributed by atoms with Gasteiger partial charge in [-0.25, -0.2) is 0 Å². The number of amides is 2. The molecule has 5 heteroatoms. The van der Waals surface area contributed by atoms with Gasteiger partial charge in [0.25, 0.3) is 11.1 Å². The number of nitrogens with zero attached hydrogens (tertiary/aromatic N) is 2. The van der Waals surface area contributed by atoms with Crippen molar-refractivity contribution in [2.24, 2.45) is 0 Å². The second-order valence-corrected chi connectivity index (χ2v) is 8.18. The van der Waals surface area contributed by atoms with Crippen LogP contribution in [0, 0.1) is 27.7 Å². The maximum absolute atomic E-state index is 12.7. The first kappa shape index (κ1) is 19.5. The van der Waals surface area contributed by atoms with Gasteiger partial charge in [0.05, 0.1) is 4.91 Å². The third kappa shape index (κ3) is 3.36. The molecule has 1 fully saturated rings. The summed E-state index contributed by atoms with van der Waals surface area (Å²) in [5.41, 5.74) is 6.78. The van der Waals surface area contributed by atoms with Crippen LogP contribution in [0.25, 0.3) is 11.8 Å². The highest BCUT2D eigenvalue weighted by atomic mass is 32.2. The summed E-state index contributed by atoms with van der Waals surface area (Å²) < 4.78 is 2.22. The Morgan fingerprint density at radius 1 is 1.15 bits per heavy atom. The number of thioether (sulfide) groups is 1. The van der Waals surface area contributed by atoms with E-state index in [1.54, 1.807) is 0 Å². The molecular weight excluding hydrogens is 356 g/mol. The monoisotopic (exact) mass is 382 g/mol. The molecule has 142 valence electrons. The SMILES string of the molecule is CC[C@@H](C)N1C(=O)S/C(=C/c2cc(C)n(-c3cccc(C)c3C)c2C)C1=O. The van der Waals surface area contributed by atoms with E-state index in [0.29, 0.717) is 4.91 Å². The molecule has 4 nitrogen and oxygen atoms in total. The first-order chi connectivity index (χ1) is 12.8. The molecule has 1 aliphatic heterocycles. The highest BCUT2D eigenvalue weighted by molar-refractivity contribution is 8.18. The Morgan fingerprint density at radius 2 is 1.85 bits per heavy atom. The molecule has 0 radical (unpaired) electrons. The lowest BCUT2D eigenvalue weighted by atomic mass is 10.1. The topological polar surface area (TPSA) is 42.3 Å². The zero-order valence-corrected chi connectivity index (χ0v) is 17.6. The van der Waals surface area contributed by atoms with E-state index in [0.717, 1.165) is 40.8 Å². The van der Waals surface area contributed by atoms with E-state index in [9.17, 15) is 9.59 Å². The zero-order chi connectivity index (χ0) is 19.9. The van der Waals surface area contributed by atoms with Crippen LogP contribution in [0.2, 0.25) is 0 Å². The van der Waals surface area contributed by atoms with Crippen LogP contribution >= 0.6 is 11.8 Å². The van der Waals surface area contributed by atoms with Crippen molar-refractivity contribution in [3.8, 4) is 5.69 Å². The standard InChI is InChI=1S/C22H26N2O2S/c1-7-14(3)24-21(25)20(27-22(24)26)12-18-11-15(4)23(17(18)6)19-10-8-9-13(2)16(19)5/h8-12,14H,7H2,1-6H3/b20-12+/t14-/m1/s1. The van der Waals surface area contributed by atoms with Gasteiger partial charge in [-0.05, 0) is 87.7 Å². The Balaban J connectivity index is 2.03. The Morgan fingerprint density at radius 3 is 2.52 bits per heavy atom. The number of aromatic nitrogens is 1. The minimum atomic E-state index is -0.184. The quantitative estimate of drug-likeness (QED) is 0.652. The molecule has 2 heterocycles. The van der Waals surface area contributed by atoms with Gasteiger partial charge in [-0.15, -0.1) is 0 Å². The highest BCUT2D eigenvalue weighted by Gasteiger charge is 2.37. The van der Waals surface area contributed by atoms with Gasteiger partial charge in [0, 0.05) is 23.1 Å². The van der Waals surface area contributed by atoms with Crippen molar-refractivity contribution >= 4 is 29.0 Å². The molecule has 0 spiro atoms. The number of benzene rings is 1. The average Bonchev–Trinajstić information content (AvgIpc) is 3.06. The number of carbonyl (C=O) groups excluding carboxylic acids is 2. The van der Waals surface area contributed by atoms with Gasteiger partial charge in [0.15, 0.2) is 0 Å². The maximum atomic E-state index is 12.7. The summed E-state index contributed by atoms with van der Waals surface area (Å²) in [6, 6.07) is 8.29. The number of imide groups is 1. The van der Waals surface area contributed by atoms with Gasteiger partial charge in [0.1, 0.15) is 0 Å². The lowest BCUT2D eigenvalue weighted by molar-refractivity contribution is -0.124. The molecule has 0 saturated carbocycles. The predicted molar refractivity (Wildman–Crippen MR) is 112 cm³/mol. The van der Waals surface area contributed by atoms with Crippen molar-refractivity contribution in [1.29, 1.82) is 0 Å². The van der Waals surface area contributed by atoms with E-state index < -0.39 is 0 Å². The van der Waals surface area contributed by atoms with Crippen LogP contribution in [0.4, 0.5) is 4.79 Å². The third-order valence-corrected chi connectivity index (χ3v) is 6.31. The van der Waals surface area contributed by atoms with Gasteiger partial charge in [-0.1, -0.05) is 19.1 Å². The fourth-order valence-electron chi connectivity index (χ4n) is 3.47. The van der Waals surface area contributed by atoms with Crippen molar-refractivity contribution in [2.45, 2.75) is 54.0 Å². The number of aryl methyl sites for hydroxylation is 2. The molecule has 0 unspecified atom stereocenters. The van der Waals surface area contributed by atoms with Crippen molar-refractivity contribution in [3.63, 3.8) is 0 Å². The maximum Gasteiger partial charge on any atom is 0.293 e. The molecule has 3 rings (SSSR count). The molecule has 1 aromatic carbocycles. The van der Waals surface area contributed by atoms with E-state index in [1.165, 1.54) is 16.0 Å². The van der Waals surface area contributed by atoms with Crippen LogP contribution in [0.15, 0.2) is 29.2 Å². The summed E-state index contributed by atoms with van der Waals surface area (Å²) in [6.07, 6.45) is 2.61. The molecule has 0 bridgehead atoms. The van der Waals surface area contributed by atoms with Gasteiger partial charge in [-0.2, -0.15) is 0 Å². The molecule has 1 aliphatic rings. The minimum absolute atomic E-state index is 0.0780. The largest absolute Gasteiger partial charge is 0.318 e. The smallest absolute Gasteiger partial charge is 0.293 e. The number of hydrogen-bond acceptors (Lipinski definition) is 3. The third-order valence-electron chi connectivity index (χ3n) is 5.43. The first-order valence-electron chi connectivity index (χ1n) is 9.28. The fourth-order valence-corrected chi connectivity index (χ4v) is 4.39. The van der Waals surface area contributed by atoms with E-state index in [-0.39, 0.29) is 17.2 Å². The summed E-state index contributed by atoms with van der Waals surface area (Å²) in [6.45, 7) is 12.2. The molecule has 27 heavy (non-hydrogen) atoms. The van der Waals surface area contributed by atoms with Crippen LogP contribution in [0.3, 0.4) is 0 Å². The molecule has 1 atom stereocenters. The van der Waals surface area contributed by atoms with Gasteiger partial charge in [0.2, 0.25) is 0 Å². The van der Waals surface area contributed by atoms with Crippen LogP contribution < -0.4 is 0 Å². The highest BCUT2D eigenvalue weighted by Crippen LogP contribution is 2.35. The summed E-state index contributed by atoms with van der Waals surface area (Å²) in [5, 5.41) is -0.177. The number of hydrogen-bond donors (Lipinski definition) is 0. The van der Waals surface area contributed by atoms with Crippen molar-refractivity contribution in [2.75, 3.05) is 0 Å². The van der Waals surface area contributed by atoms with Crippen LogP contribution in [-0.4, -0.2) is 26.7 Å². The lowest BCUT2D eigenvalue weighted by Crippen LogP contribution is -2.36. The van der Waals surface area contributed by atoms with Crippen molar-refractivity contribution in [3.05, 3.63) is 57.2 Å². The molecule has 1 saturated heterocycles. The normalized spacial score (nSPS) is 17.3. The van der Waals surface area contributed by atoms with E-state index in [2.05, 4.69) is 56.5 Å². The van der Waals surface area contributed by atoms with Crippen molar-refractivity contribution in [1.82, 2.24) is 9.47 Å². The second kappa shape index (κ2) is 7.39. The van der Waals surface area contributed by atoms with E-state index in [1.807, 2.05) is 19.9 Å². The molecule has 2 aromatic rings. The lowest BCUT2D eigenvalue weighted by Gasteiger charge is -2.19. The van der Waals surface area contributed by atoms with Crippen LogP contribution in [0.1, 0.15) is 48.3 Å². The van der Waals surface area contributed by atoms with Gasteiger partial charge < -0.3 is 4.57 Å². The second-order valence-electron chi connectivity index (χ2n) is 7.19. The van der Waals surface area contributed by atoms with Gasteiger partial charge in [-0.3, -0.25) is 14.5 Å². The summed E-state index contributed by atoms with van der Waals surface area (Å²) in [7, 11) is 0. The summed E-state index contributed by atoms with van der Waals surface area (Å²) >= 11 is 1.03. The van der Waals surface area contributed by atoms with E-state index >= 15 is 0 Å². The van der Waals surface area contributed by atoms with Crippen molar-refractivity contribution < 1.29 is 9.59 Å². The van der Waals surface area contributed by atoms with Gasteiger partial charge >= 0.3 is 0 Å². The average molecular weight is 383 g/mol. The molecular formula is C22H26N2O2S. The van der Waals surface area contributed by atoms with E-state index in [4.69, 9.17) is 0 Å². The predicted octanol–water partition coefficient (Wildman–Crippen LogP) is 5.55. The Bertz CT molecular complexity index is 955. The minimum Gasteiger partial charge on any atom is -0.318 e. The van der Waals surface area contributed by atoms with Crippen LogP contribution in [-0.2, 0) is 4.79 Å².